The predicted octanol–water partition coefficient (Wildman–Crippen LogP) is 8.65. The minimum atomic E-state index is -1.14. The second-order valence-corrected chi connectivity index (χ2v) is 12.0. The Kier molecular flexibility index (Phi) is 25.4. The highest BCUT2D eigenvalue weighted by Gasteiger charge is 2.33. The van der Waals surface area contributed by atoms with Crippen LogP contribution in [-0.4, -0.2) is 44.7 Å². The van der Waals surface area contributed by atoms with Crippen molar-refractivity contribution in [1.82, 2.24) is 5.32 Å². The summed E-state index contributed by atoms with van der Waals surface area (Å²) >= 11 is 0. The van der Waals surface area contributed by atoms with Gasteiger partial charge in [0.25, 0.3) is 0 Å². The molecule has 0 aromatic carbocycles. The first-order valence-electron chi connectivity index (χ1n) is 16.7. The maximum atomic E-state index is 12.6. The lowest BCUT2D eigenvalue weighted by Crippen LogP contribution is -2.49. The first kappa shape index (κ1) is 38.9. The number of carbonyl (C=O) groups excluding carboxylic acids is 1. The van der Waals surface area contributed by atoms with Gasteiger partial charge in [-0.1, -0.05) is 129 Å². The smallest absolute Gasteiger partial charge is 0.303 e. The Morgan fingerprint density at radius 1 is 0.439 bits per heavy atom. The number of carboxylic acid groups (broad SMARTS) is 3. The lowest BCUT2D eigenvalue weighted by Gasteiger charge is -2.34. The van der Waals surface area contributed by atoms with Crippen LogP contribution in [0, 0.1) is 0 Å². The first-order chi connectivity index (χ1) is 19.7. The first-order valence-corrected chi connectivity index (χ1v) is 16.7. The lowest BCUT2D eigenvalue weighted by molar-refractivity contribution is -0.139. The van der Waals surface area contributed by atoms with E-state index in [1.54, 1.807) is 0 Å². The van der Waals surface area contributed by atoms with Gasteiger partial charge in [-0.15, -0.1) is 0 Å². The fourth-order valence-electron chi connectivity index (χ4n) is 5.50. The Labute approximate surface area is 249 Å². The number of hydrogen-bond donors (Lipinski definition) is 4. The monoisotopic (exact) mass is 583 g/mol. The SMILES string of the molecule is CCCCCCCCCCCCCCCCCCCCCCC(=O)NC(CCC(=O)O)(CCC(=O)O)CCC(=O)O. The highest BCUT2D eigenvalue weighted by Crippen LogP contribution is 2.26. The predicted molar refractivity (Wildman–Crippen MR) is 164 cm³/mol. The van der Waals surface area contributed by atoms with Crippen LogP contribution >= 0.6 is 0 Å². The third-order valence-corrected chi connectivity index (χ3v) is 8.11. The molecule has 41 heavy (non-hydrogen) atoms. The molecule has 0 bridgehead atoms. The van der Waals surface area contributed by atoms with E-state index in [1.165, 1.54) is 103 Å². The standard InChI is InChI=1S/C33H61NO7/c1-2-3-4-5-6-7-8-9-10-11-12-13-14-15-16-17-18-19-20-21-22-29(35)34-33(26-23-30(36)37,27-24-31(38)39)28-25-32(40)41/h2-28H2,1H3,(H,34,35)(H,36,37)(H,38,39)(H,40,41). The fourth-order valence-corrected chi connectivity index (χ4v) is 5.50. The number of hydrogen-bond acceptors (Lipinski definition) is 4. The lowest BCUT2D eigenvalue weighted by atomic mass is 9.83. The number of aliphatic carboxylic acids is 3. The number of unbranched alkanes of at least 4 members (excludes halogenated alkanes) is 19. The zero-order chi connectivity index (χ0) is 30.6. The van der Waals surface area contributed by atoms with E-state index >= 15 is 0 Å². The summed E-state index contributed by atoms with van der Waals surface area (Å²) in [5, 5.41) is 30.1. The van der Waals surface area contributed by atoms with Crippen LogP contribution in [0.25, 0.3) is 0 Å². The van der Waals surface area contributed by atoms with Crippen molar-refractivity contribution >= 4 is 23.8 Å². The molecule has 0 saturated heterocycles. The molecule has 4 N–H and O–H groups in total. The Morgan fingerprint density at radius 3 is 0.976 bits per heavy atom. The summed E-state index contributed by atoms with van der Waals surface area (Å²) in [6.07, 6.45) is 25.1. The minimum Gasteiger partial charge on any atom is -0.481 e. The van der Waals surface area contributed by atoms with Crippen LogP contribution in [-0.2, 0) is 19.2 Å². The van der Waals surface area contributed by atoms with Crippen molar-refractivity contribution in [3.63, 3.8) is 0 Å². The summed E-state index contributed by atoms with van der Waals surface area (Å²) in [4.78, 5) is 46.0. The van der Waals surface area contributed by atoms with Gasteiger partial charge in [-0.2, -0.15) is 0 Å². The molecule has 0 atom stereocenters. The van der Waals surface area contributed by atoms with E-state index in [0.717, 1.165) is 19.3 Å². The topological polar surface area (TPSA) is 141 Å². The summed E-state index contributed by atoms with van der Waals surface area (Å²) < 4.78 is 0. The summed E-state index contributed by atoms with van der Waals surface area (Å²) in [6, 6.07) is 0. The van der Waals surface area contributed by atoms with Crippen LogP contribution in [0.1, 0.15) is 180 Å². The number of carbonyl (C=O) groups is 4. The van der Waals surface area contributed by atoms with E-state index in [1.807, 2.05) is 0 Å². The van der Waals surface area contributed by atoms with Gasteiger partial charge >= 0.3 is 17.9 Å². The zero-order valence-corrected chi connectivity index (χ0v) is 26.1. The average molecular weight is 584 g/mol. The maximum absolute atomic E-state index is 12.6. The molecule has 0 aromatic heterocycles. The van der Waals surface area contributed by atoms with Crippen LogP contribution in [0.5, 0.6) is 0 Å². The van der Waals surface area contributed by atoms with Gasteiger partial charge in [0.05, 0.1) is 0 Å². The van der Waals surface area contributed by atoms with Crippen molar-refractivity contribution < 1.29 is 34.5 Å². The quantitative estimate of drug-likeness (QED) is 0.0598. The zero-order valence-electron chi connectivity index (χ0n) is 26.1. The van der Waals surface area contributed by atoms with E-state index in [9.17, 15) is 19.2 Å². The van der Waals surface area contributed by atoms with E-state index in [0.29, 0.717) is 6.42 Å². The maximum Gasteiger partial charge on any atom is 0.303 e. The molecule has 0 aliphatic rings. The van der Waals surface area contributed by atoms with E-state index in [-0.39, 0.29) is 50.9 Å². The molecular weight excluding hydrogens is 522 g/mol. The molecule has 0 saturated carbocycles. The van der Waals surface area contributed by atoms with Gasteiger partial charge in [0, 0.05) is 31.2 Å². The molecule has 0 aliphatic carbocycles. The number of nitrogens with one attached hydrogen (secondary N) is 1. The van der Waals surface area contributed by atoms with Gasteiger partial charge in [0.2, 0.25) is 5.91 Å². The Balaban J connectivity index is 3.92. The van der Waals surface area contributed by atoms with Gasteiger partial charge in [0.1, 0.15) is 0 Å². The molecule has 0 unspecified atom stereocenters. The molecule has 0 radical (unpaired) electrons. The molecule has 0 aromatic rings. The third-order valence-electron chi connectivity index (χ3n) is 8.11. The number of carboxylic acids is 3. The van der Waals surface area contributed by atoms with Gasteiger partial charge in [-0.3, -0.25) is 19.2 Å². The average Bonchev–Trinajstić information content (AvgIpc) is 2.92. The highest BCUT2D eigenvalue weighted by atomic mass is 16.4. The van der Waals surface area contributed by atoms with Crippen molar-refractivity contribution in [1.29, 1.82) is 0 Å². The Hall–Kier alpha value is -2.12. The van der Waals surface area contributed by atoms with Crippen LogP contribution in [0.2, 0.25) is 0 Å². The second-order valence-electron chi connectivity index (χ2n) is 12.0. The van der Waals surface area contributed by atoms with Gasteiger partial charge < -0.3 is 20.6 Å². The molecular formula is C33H61NO7. The molecule has 0 fully saturated rings. The molecule has 240 valence electrons. The number of amides is 1. The van der Waals surface area contributed by atoms with E-state index < -0.39 is 23.4 Å². The molecule has 8 nitrogen and oxygen atoms in total. The highest BCUT2D eigenvalue weighted by molar-refractivity contribution is 5.77. The van der Waals surface area contributed by atoms with Gasteiger partial charge in [-0.05, 0) is 25.7 Å². The Morgan fingerprint density at radius 2 is 0.707 bits per heavy atom. The summed E-state index contributed by atoms with van der Waals surface area (Å²) in [6.45, 7) is 2.27. The van der Waals surface area contributed by atoms with Gasteiger partial charge in [-0.25, -0.2) is 0 Å². The van der Waals surface area contributed by atoms with E-state index in [4.69, 9.17) is 15.3 Å². The molecule has 1 amide bonds. The molecule has 8 heteroatoms. The van der Waals surface area contributed by atoms with Crippen LogP contribution in [0.3, 0.4) is 0 Å². The summed E-state index contributed by atoms with van der Waals surface area (Å²) in [5.74, 6) is -3.47. The van der Waals surface area contributed by atoms with Crippen molar-refractivity contribution in [3.8, 4) is 0 Å². The van der Waals surface area contributed by atoms with Crippen molar-refractivity contribution in [2.75, 3.05) is 0 Å². The van der Waals surface area contributed by atoms with Crippen molar-refractivity contribution in [3.05, 3.63) is 0 Å². The molecule has 0 heterocycles. The second kappa shape index (κ2) is 26.8. The molecule has 0 aliphatic heterocycles. The molecule has 0 rings (SSSR count). The fraction of sp³-hybridized carbons (Fsp3) is 0.879. The largest absolute Gasteiger partial charge is 0.481 e. The van der Waals surface area contributed by atoms with Crippen molar-refractivity contribution in [2.45, 2.75) is 186 Å². The normalized spacial score (nSPS) is 11.4. The van der Waals surface area contributed by atoms with E-state index in [2.05, 4.69) is 12.2 Å². The minimum absolute atomic E-state index is 0.00783. The van der Waals surface area contributed by atoms with Crippen LogP contribution in [0.15, 0.2) is 0 Å². The summed E-state index contributed by atoms with van der Waals surface area (Å²) in [7, 11) is 0. The Bertz CT molecular complexity index is 650. The van der Waals surface area contributed by atoms with Crippen LogP contribution < -0.4 is 5.32 Å². The van der Waals surface area contributed by atoms with Crippen molar-refractivity contribution in [2.24, 2.45) is 0 Å². The van der Waals surface area contributed by atoms with Gasteiger partial charge in [0.15, 0.2) is 0 Å². The molecule has 0 spiro atoms. The summed E-state index contributed by atoms with van der Waals surface area (Å²) in [5.41, 5.74) is -1.14. The number of rotatable bonds is 31. The van der Waals surface area contributed by atoms with Crippen LogP contribution in [0.4, 0.5) is 0 Å². The third kappa shape index (κ3) is 26.5.